The van der Waals surface area contributed by atoms with E-state index in [2.05, 4.69) is 18.7 Å². The molecule has 0 spiro atoms. The highest BCUT2D eigenvalue weighted by Gasteiger charge is 2.58. The van der Waals surface area contributed by atoms with Crippen LogP contribution in [0.25, 0.3) is 0 Å². The largest absolute Gasteiger partial charge is 0.497 e. The zero-order valence-corrected chi connectivity index (χ0v) is 18.4. The first kappa shape index (κ1) is 21.4. The van der Waals surface area contributed by atoms with Crippen LogP contribution in [-0.2, 0) is 16.0 Å². The number of methoxy groups -OCH3 is 2. The van der Waals surface area contributed by atoms with Crippen LogP contribution < -0.4 is 9.47 Å². The molecule has 0 aromatic heterocycles. The maximum absolute atomic E-state index is 13.1. The summed E-state index contributed by atoms with van der Waals surface area (Å²) in [5, 5.41) is 0. The Labute approximate surface area is 173 Å². The van der Waals surface area contributed by atoms with E-state index in [1.54, 1.807) is 39.3 Å². The Kier molecular flexibility index (Phi) is 6.08. The van der Waals surface area contributed by atoms with E-state index in [-0.39, 0.29) is 24.2 Å². The highest BCUT2D eigenvalue weighted by molar-refractivity contribution is 5.87. The number of benzene rings is 1. The molecule has 7 heteroatoms. The summed E-state index contributed by atoms with van der Waals surface area (Å²) in [6.07, 6.45) is 0.264. The Hall–Kier alpha value is -2.28. The van der Waals surface area contributed by atoms with Crippen LogP contribution in [0.3, 0.4) is 0 Å². The summed E-state index contributed by atoms with van der Waals surface area (Å²) in [6.45, 7) is 7.00. The number of rotatable bonds is 6. The SMILES string of the molecule is COc1cc(CC(=O)N2C[C@@H]3CN(C(C)C)C[C@]3(C(=O)N(C)C)C2)cc(OC)c1. The van der Waals surface area contributed by atoms with E-state index in [0.29, 0.717) is 37.2 Å². The van der Waals surface area contributed by atoms with E-state index in [1.807, 2.05) is 17.0 Å². The summed E-state index contributed by atoms with van der Waals surface area (Å²) >= 11 is 0. The van der Waals surface area contributed by atoms with E-state index in [4.69, 9.17) is 9.47 Å². The Balaban J connectivity index is 1.78. The van der Waals surface area contributed by atoms with Gasteiger partial charge in [-0.05, 0) is 31.5 Å². The quantitative estimate of drug-likeness (QED) is 0.720. The third kappa shape index (κ3) is 4.06. The normalized spacial score (nSPS) is 24.0. The van der Waals surface area contributed by atoms with Gasteiger partial charge in [0.05, 0.1) is 26.1 Å². The molecule has 0 radical (unpaired) electrons. The van der Waals surface area contributed by atoms with Crippen molar-refractivity contribution in [1.29, 1.82) is 0 Å². The van der Waals surface area contributed by atoms with E-state index >= 15 is 0 Å². The standard InChI is InChI=1S/C22H33N3O4/c1-15(2)24-11-17-12-25(14-22(17,13-24)21(27)23(3)4)20(26)9-16-7-18(28-5)10-19(8-16)29-6/h7-8,10,15,17H,9,11-14H2,1-6H3/t17-,22-/m0/s1. The second kappa shape index (κ2) is 8.22. The average molecular weight is 404 g/mol. The summed E-state index contributed by atoms with van der Waals surface area (Å²) in [5.74, 6) is 1.67. The molecule has 1 aromatic carbocycles. The molecule has 29 heavy (non-hydrogen) atoms. The molecule has 7 nitrogen and oxygen atoms in total. The molecule has 3 rings (SSSR count). The molecule has 160 valence electrons. The number of hydrogen-bond donors (Lipinski definition) is 0. The Morgan fingerprint density at radius 3 is 2.24 bits per heavy atom. The fourth-order valence-corrected chi connectivity index (χ4v) is 4.69. The van der Waals surface area contributed by atoms with Crippen molar-refractivity contribution in [2.45, 2.75) is 26.3 Å². The fourth-order valence-electron chi connectivity index (χ4n) is 4.69. The molecule has 0 saturated carbocycles. The van der Waals surface area contributed by atoms with E-state index < -0.39 is 5.41 Å². The van der Waals surface area contributed by atoms with Gasteiger partial charge >= 0.3 is 0 Å². The van der Waals surface area contributed by atoms with Gasteiger partial charge in [-0.25, -0.2) is 0 Å². The van der Waals surface area contributed by atoms with E-state index in [1.165, 1.54) is 0 Å². The molecule has 2 saturated heterocycles. The number of fused-ring (bicyclic) bond motifs is 1. The molecule has 0 N–H and O–H groups in total. The lowest BCUT2D eigenvalue weighted by atomic mass is 9.79. The minimum absolute atomic E-state index is 0.0386. The predicted molar refractivity (Wildman–Crippen MR) is 111 cm³/mol. The number of carbonyl (C=O) groups is 2. The third-order valence-corrected chi connectivity index (χ3v) is 6.32. The lowest BCUT2D eigenvalue weighted by molar-refractivity contribution is -0.140. The molecule has 2 heterocycles. The monoisotopic (exact) mass is 403 g/mol. The lowest BCUT2D eigenvalue weighted by Crippen LogP contribution is -2.48. The van der Waals surface area contributed by atoms with Gasteiger partial charge in [-0.3, -0.25) is 14.5 Å². The van der Waals surface area contributed by atoms with Crippen molar-refractivity contribution in [1.82, 2.24) is 14.7 Å². The highest BCUT2D eigenvalue weighted by Crippen LogP contribution is 2.44. The molecular formula is C22H33N3O4. The molecule has 2 amide bonds. The molecule has 2 aliphatic heterocycles. The van der Waals surface area contributed by atoms with E-state index in [9.17, 15) is 9.59 Å². The Bertz CT molecular complexity index is 757. The molecule has 0 bridgehead atoms. The minimum atomic E-state index is -0.504. The highest BCUT2D eigenvalue weighted by atomic mass is 16.5. The molecule has 0 aliphatic carbocycles. The van der Waals surface area contributed by atoms with Gasteiger partial charge in [-0.15, -0.1) is 0 Å². The first-order valence-electron chi connectivity index (χ1n) is 10.2. The zero-order valence-electron chi connectivity index (χ0n) is 18.4. The smallest absolute Gasteiger partial charge is 0.231 e. The first-order valence-corrected chi connectivity index (χ1v) is 10.2. The van der Waals surface area contributed by atoms with Crippen molar-refractivity contribution in [2.75, 3.05) is 54.5 Å². The Morgan fingerprint density at radius 1 is 1.10 bits per heavy atom. The molecule has 2 aliphatic rings. The maximum atomic E-state index is 13.1. The van der Waals surface area contributed by atoms with Crippen LogP contribution in [0.1, 0.15) is 19.4 Å². The van der Waals surface area contributed by atoms with Crippen LogP contribution in [0, 0.1) is 11.3 Å². The summed E-state index contributed by atoms with van der Waals surface area (Å²) in [6, 6.07) is 5.90. The van der Waals surface area contributed by atoms with E-state index in [0.717, 1.165) is 12.1 Å². The lowest BCUT2D eigenvalue weighted by Gasteiger charge is -2.31. The van der Waals surface area contributed by atoms with Gasteiger partial charge in [-0.1, -0.05) is 0 Å². The second-order valence-corrected chi connectivity index (χ2v) is 8.75. The van der Waals surface area contributed by atoms with Crippen molar-refractivity contribution in [3.63, 3.8) is 0 Å². The van der Waals surface area contributed by atoms with Crippen LogP contribution in [0.15, 0.2) is 18.2 Å². The van der Waals surface area contributed by atoms with Crippen molar-refractivity contribution in [3.05, 3.63) is 23.8 Å². The van der Waals surface area contributed by atoms with Crippen LogP contribution >= 0.6 is 0 Å². The van der Waals surface area contributed by atoms with Crippen LogP contribution in [-0.4, -0.2) is 87.0 Å². The van der Waals surface area contributed by atoms with Gasteiger partial charge < -0.3 is 19.3 Å². The van der Waals surface area contributed by atoms with Gasteiger partial charge in [-0.2, -0.15) is 0 Å². The second-order valence-electron chi connectivity index (χ2n) is 8.75. The maximum Gasteiger partial charge on any atom is 0.231 e. The first-order chi connectivity index (χ1) is 13.7. The summed E-state index contributed by atoms with van der Waals surface area (Å²) in [5.41, 5.74) is 0.343. The van der Waals surface area contributed by atoms with Gasteiger partial charge in [0.2, 0.25) is 11.8 Å². The fraction of sp³-hybridized carbons (Fsp3) is 0.636. The Morgan fingerprint density at radius 2 is 1.72 bits per heavy atom. The van der Waals surface area contributed by atoms with Gasteiger partial charge in [0, 0.05) is 58.3 Å². The van der Waals surface area contributed by atoms with Crippen molar-refractivity contribution in [3.8, 4) is 11.5 Å². The molecular weight excluding hydrogens is 370 g/mol. The number of likely N-dealkylation sites (tertiary alicyclic amines) is 2. The predicted octanol–water partition coefficient (Wildman–Crippen LogP) is 1.50. The van der Waals surface area contributed by atoms with Crippen molar-refractivity contribution in [2.24, 2.45) is 11.3 Å². The number of hydrogen-bond acceptors (Lipinski definition) is 5. The van der Waals surface area contributed by atoms with Crippen LogP contribution in [0.2, 0.25) is 0 Å². The minimum Gasteiger partial charge on any atom is -0.497 e. The number of nitrogens with zero attached hydrogens (tertiary/aromatic N) is 3. The molecule has 1 aromatic rings. The van der Waals surface area contributed by atoms with Crippen molar-refractivity contribution < 1.29 is 19.1 Å². The molecule has 0 unspecified atom stereocenters. The topological polar surface area (TPSA) is 62.3 Å². The van der Waals surface area contributed by atoms with Crippen LogP contribution in [0.4, 0.5) is 0 Å². The summed E-state index contributed by atoms with van der Waals surface area (Å²) < 4.78 is 10.6. The average Bonchev–Trinajstić information content (AvgIpc) is 3.22. The zero-order chi connectivity index (χ0) is 21.3. The van der Waals surface area contributed by atoms with Gasteiger partial charge in [0.15, 0.2) is 0 Å². The number of amides is 2. The molecule has 2 atom stereocenters. The third-order valence-electron chi connectivity index (χ3n) is 6.32. The summed E-state index contributed by atoms with van der Waals surface area (Å²) in [4.78, 5) is 32.2. The molecule has 2 fully saturated rings. The van der Waals surface area contributed by atoms with Crippen molar-refractivity contribution >= 4 is 11.8 Å². The number of carbonyl (C=O) groups excluding carboxylic acids is 2. The van der Waals surface area contributed by atoms with Gasteiger partial charge in [0.1, 0.15) is 11.5 Å². The van der Waals surface area contributed by atoms with Crippen LogP contribution in [0.5, 0.6) is 11.5 Å². The summed E-state index contributed by atoms with van der Waals surface area (Å²) in [7, 11) is 6.80. The van der Waals surface area contributed by atoms with Gasteiger partial charge in [0.25, 0.3) is 0 Å². The number of ether oxygens (including phenoxy) is 2.